The molecule has 0 amide bonds. The number of carbonyl (C=O) groups is 2. The molecular weight excluding hydrogens is 300 g/mol. The van der Waals surface area contributed by atoms with Crippen molar-refractivity contribution in [1.29, 1.82) is 0 Å². The van der Waals surface area contributed by atoms with Crippen LogP contribution in [0.3, 0.4) is 0 Å². The Morgan fingerprint density at radius 2 is 1.68 bits per heavy atom. The summed E-state index contributed by atoms with van der Waals surface area (Å²) >= 11 is 0. The van der Waals surface area contributed by atoms with Crippen LogP contribution < -0.4 is 10.2 Å². The van der Waals surface area contributed by atoms with E-state index in [0.717, 1.165) is 11.5 Å². The molecule has 0 saturated carbocycles. The minimum absolute atomic E-state index is 0. The number of hydrogen-bond acceptors (Lipinski definition) is 5. The molecule has 0 aliphatic rings. The number of aromatic carboxylic acids is 1. The number of carboxylic acid groups (broad SMARTS) is 2. The first-order valence-corrected chi connectivity index (χ1v) is 4.95. The van der Waals surface area contributed by atoms with Crippen molar-refractivity contribution in [2.45, 2.75) is 0 Å². The summed E-state index contributed by atoms with van der Waals surface area (Å²) < 4.78 is 0. The largest absolute Gasteiger partial charge is 2.00 e. The van der Waals surface area contributed by atoms with E-state index in [0.29, 0.717) is 5.52 Å². The third-order valence-electron chi connectivity index (χ3n) is 1.97. The number of carboxylic acids is 2. The molecule has 1 heterocycles. The van der Waals surface area contributed by atoms with Gasteiger partial charge in [-0.15, -0.1) is 0 Å². The predicted molar refractivity (Wildman–Crippen MR) is 61.3 cm³/mol. The number of pyridine rings is 1. The van der Waals surface area contributed by atoms with E-state index in [1.54, 1.807) is 12.1 Å². The smallest absolute Gasteiger partial charge is 0.545 e. The van der Waals surface area contributed by atoms with E-state index in [1.807, 2.05) is 18.2 Å². The molecule has 2 aromatic rings. The van der Waals surface area contributed by atoms with Gasteiger partial charge in [-0.25, -0.2) is 4.98 Å². The number of hydrogen-bond donors (Lipinski definition) is 0. The summed E-state index contributed by atoms with van der Waals surface area (Å²) in [5.41, 5.74) is 0.642. The van der Waals surface area contributed by atoms with Crippen LogP contribution in [0, 0.1) is 0 Å². The fourth-order valence-electron chi connectivity index (χ4n) is 1.18. The summed E-state index contributed by atoms with van der Waals surface area (Å²) in [6.45, 7) is 2.90. The monoisotopic (exact) mass is 307 g/mol. The van der Waals surface area contributed by atoms with Crippen LogP contribution in [0.2, 0.25) is 0 Å². The summed E-state index contributed by atoms with van der Waals surface area (Å²) in [7, 11) is 0. The van der Waals surface area contributed by atoms with Gasteiger partial charge in [-0.3, -0.25) is 0 Å². The Balaban J connectivity index is 0.000000471. The van der Waals surface area contributed by atoms with Gasteiger partial charge in [0.2, 0.25) is 0 Å². The van der Waals surface area contributed by atoms with Crippen molar-refractivity contribution in [3.8, 4) is 0 Å². The van der Waals surface area contributed by atoms with Gasteiger partial charge in [0.15, 0.2) is 0 Å². The fraction of sp³-hybridized carbons (Fsp3) is 0. The maximum Gasteiger partial charge on any atom is 2.00 e. The third kappa shape index (κ3) is 5.40. The van der Waals surface area contributed by atoms with Crippen molar-refractivity contribution in [2.75, 3.05) is 0 Å². The van der Waals surface area contributed by atoms with Crippen molar-refractivity contribution in [3.63, 3.8) is 0 Å². The number of aromatic nitrogens is 1. The van der Waals surface area contributed by atoms with Crippen LogP contribution in [0.5, 0.6) is 0 Å². The van der Waals surface area contributed by atoms with E-state index in [9.17, 15) is 9.90 Å². The number of fused-ring (bicyclic) bond motifs is 1. The van der Waals surface area contributed by atoms with Crippen LogP contribution in [-0.2, 0) is 24.3 Å². The van der Waals surface area contributed by atoms with Crippen LogP contribution in [0.4, 0.5) is 0 Å². The summed E-state index contributed by atoms with van der Waals surface area (Å²) in [4.78, 5) is 23.5. The number of carbonyl (C=O) groups excluding carboxylic acids is 2. The zero-order chi connectivity index (χ0) is 13.5. The first-order chi connectivity index (χ1) is 8.54. The molecule has 0 spiro atoms. The van der Waals surface area contributed by atoms with Gasteiger partial charge in [-0.05, 0) is 18.2 Å². The summed E-state index contributed by atoms with van der Waals surface area (Å²) in [5, 5.41) is 20.5. The predicted octanol–water partition coefficient (Wildman–Crippen LogP) is -0.482. The Hall–Kier alpha value is -2.07. The Kier molecular flexibility index (Phi) is 7.23. The summed E-state index contributed by atoms with van der Waals surface area (Å²) in [6.07, 6.45) is 0.722. The molecule has 0 saturated heterocycles. The van der Waals surface area contributed by atoms with E-state index in [4.69, 9.17) is 9.90 Å². The molecule has 0 bridgehead atoms. The summed E-state index contributed by atoms with van der Waals surface area (Å²) in [6, 6.07) is 10.5. The van der Waals surface area contributed by atoms with Gasteiger partial charge in [-0.2, -0.15) is 0 Å². The number of nitrogens with zero attached hydrogens (tertiary/aromatic N) is 1. The quantitative estimate of drug-likeness (QED) is 0.552. The van der Waals surface area contributed by atoms with Crippen molar-refractivity contribution >= 4 is 22.8 Å². The van der Waals surface area contributed by atoms with Crippen molar-refractivity contribution in [3.05, 3.63) is 54.7 Å². The normalized spacial score (nSPS) is 8.63. The van der Waals surface area contributed by atoms with Crippen molar-refractivity contribution in [1.82, 2.24) is 4.98 Å². The summed E-state index contributed by atoms with van der Waals surface area (Å²) in [5.74, 6) is -2.48. The first-order valence-electron chi connectivity index (χ1n) is 4.95. The Labute approximate surface area is 122 Å². The average Bonchev–Trinajstić information content (AvgIpc) is 2.38. The fourth-order valence-corrected chi connectivity index (χ4v) is 1.18. The van der Waals surface area contributed by atoms with Gasteiger partial charge in [0.1, 0.15) is 0 Å². The molecule has 1 aromatic carbocycles. The molecule has 0 fully saturated rings. The molecule has 0 atom stereocenters. The first kappa shape index (κ1) is 16.9. The van der Waals surface area contributed by atoms with Crippen LogP contribution in [-0.4, -0.2) is 16.9 Å². The molecule has 2 rings (SSSR count). The zero-order valence-corrected chi connectivity index (χ0v) is 13.0. The minimum atomic E-state index is -1.24. The van der Waals surface area contributed by atoms with E-state index in [2.05, 4.69) is 11.6 Å². The Morgan fingerprint density at radius 3 is 2.21 bits per heavy atom. The zero-order valence-electron chi connectivity index (χ0n) is 10.0. The van der Waals surface area contributed by atoms with E-state index in [1.165, 1.54) is 6.07 Å². The molecular formula is C13H9NO4Zn. The molecule has 0 aliphatic carbocycles. The second kappa shape index (κ2) is 8.11. The number of para-hydroxylation sites is 1. The van der Waals surface area contributed by atoms with Gasteiger partial charge in [0, 0.05) is 5.39 Å². The van der Waals surface area contributed by atoms with E-state index in [-0.39, 0.29) is 25.2 Å². The molecule has 5 nitrogen and oxygen atoms in total. The molecule has 1 aromatic heterocycles. The molecule has 19 heavy (non-hydrogen) atoms. The molecule has 0 N–H and O–H groups in total. The standard InChI is InChI=1S/C10H7NO2.C3H4O2.Zn/c12-10(13)9-6-5-7-3-1-2-4-8(7)11-9;1-2-3(4)5;/h1-6H,(H,12,13);2H,1H2,(H,4,5);/q;;+2/p-2. The molecule has 6 heteroatoms. The van der Waals surface area contributed by atoms with Gasteiger partial charge in [0.25, 0.3) is 0 Å². The van der Waals surface area contributed by atoms with Gasteiger partial charge in [0.05, 0.1) is 23.1 Å². The van der Waals surface area contributed by atoms with E-state index < -0.39 is 11.9 Å². The SMILES string of the molecule is C=CC(=O)[O-].O=C([O-])c1ccc2ccccc2n1.[Zn+2]. The van der Waals surface area contributed by atoms with Gasteiger partial charge >= 0.3 is 19.5 Å². The van der Waals surface area contributed by atoms with Crippen LogP contribution in [0.1, 0.15) is 10.5 Å². The number of benzene rings is 1. The van der Waals surface area contributed by atoms with Crippen LogP contribution in [0.25, 0.3) is 10.9 Å². The van der Waals surface area contributed by atoms with E-state index >= 15 is 0 Å². The van der Waals surface area contributed by atoms with Crippen molar-refractivity contribution < 1.29 is 39.3 Å². The number of aliphatic carboxylic acids is 1. The third-order valence-corrected chi connectivity index (χ3v) is 1.97. The van der Waals surface area contributed by atoms with Crippen LogP contribution >= 0.6 is 0 Å². The molecule has 0 aliphatic heterocycles. The maximum absolute atomic E-state index is 10.5. The number of rotatable bonds is 2. The molecule has 92 valence electrons. The topological polar surface area (TPSA) is 93.1 Å². The van der Waals surface area contributed by atoms with Crippen molar-refractivity contribution in [2.24, 2.45) is 0 Å². The minimum Gasteiger partial charge on any atom is -0.545 e. The second-order valence-electron chi connectivity index (χ2n) is 3.20. The van der Waals surface area contributed by atoms with Gasteiger partial charge < -0.3 is 19.8 Å². The molecule has 0 unspecified atom stereocenters. The van der Waals surface area contributed by atoms with Crippen LogP contribution in [0.15, 0.2) is 49.1 Å². The average molecular weight is 309 g/mol. The Bertz CT molecular complexity index is 598. The molecule has 0 radical (unpaired) electrons. The van der Waals surface area contributed by atoms with Gasteiger partial charge in [-0.1, -0.05) is 30.8 Å². The second-order valence-corrected chi connectivity index (χ2v) is 3.20. The maximum atomic E-state index is 10.5. The Morgan fingerprint density at radius 1 is 1.11 bits per heavy atom.